The highest BCUT2D eigenvalue weighted by Crippen LogP contribution is 2.14. The fourth-order valence-corrected chi connectivity index (χ4v) is 1.11. The van der Waals surface area contributed by atoms with Crippen molar-refractivity contribution in [2.75, 3.05) is 0 Å². The van der Waals surface area contributed by atoms with Gasteiger partial charge < -0.3 is 9.84 Å². The van der Waals surface area contributed by atoms with Crippen LogP contribution in [0.4, 0.5) is 0 Å². The molecule has 0 aromatic carbocycles. The van der Waals surface area contributed by atoms with Crippen LogP contribution in [0.3, 0.4) is 0 Å². The van der Waals surface area contributed by atoms with Crippen molar-refractivity contribution in [2.45, 2.75) is 52.6 Å². The molecule has 1 heterocycles. The lowest BCUT2D eigenvalue weighted by Crippen LogP contribution is -2.24. The Labute approximate surface area is 85.9 Å². The Morgan fingerprint density at radius 3 is 2.64 bits per heavy atom. The average molecular weight is 196 g/mol. The summed E-state index contributed by atoms with van der Waals surface area (Å²) in [7, 11) is 0. The predicted octanol–water partition coefficient (Wildman–Crippen LogP) is 2.69. The van der Waals surface area contributed by atoms with Crippen LogP contribution in [0.1, 0.15) is 51.5 Å². The molecule has 0 aliphatic heterocycles. The molecule has 1 unspecified atom stereocenters. The first-order valence-electron chi connectivity index (χ1n) is 5.32. The lowest BCUT2D eigenvalue weighted by Gasteiger charge is -2.08. The molecule has 1 aromatic rings. The third-order valence-electron chi connectivity index (χ3n) is 2.39. The minimum Gasteiger partial charge on any atom is -0.361 e. The Morgan fingerprint density at radius 1 is 1.43 bits per heavy atom. The fraction of sp³-hybridized carbons (Fsp3) is 0.727. The second-order valence-corrected chi connectivity index (χ2v) is 4.07. The molecule has 80 valence electrons. The van der Waals surface area contributed by atoms with Gasteiger partial charge in [0.2, 0.25) is 0 Å². The van der Waals surface area contributed by atoms with Crippen LogP contribution in [0.25, 0.3) is 0 Å². The van der Waals surface area contributed by atoms with Crippen molar-refractivity contribution < 1.29 is 4.52 Å². The SMILES string of the molecule is CCC(C)NCc1cc(C(C)C)on1. The van der Waals surface area contributed by atoms with Crippen LogP contribution in [-0.4, -0.2) is 11.2 Å². The highest BCUT2D eigenvalue weighted by Gasteiger charge is 2.07. The highest BCUT2D eigenvalue weighted by molar-refractivity contribution is 5.08. The lowest BCUT2D eigenvalue weighted by atomic mass is 10.1. The van der Waals surface area contributed by atoms with E-state index in [9.17, 15) is 0 Å². The van der Waals surface area contributed by atoms with Crippen LogP contribution in [0.2, 0.25) is 0 Å². The number of hydrogen-bond acceptors (Lipinski definition) is 3. The van der Waals surface area contributed by atoms with Crippen molar-refractivity contribution >= 4 is 0 Å². The van der Waals surface area contributed by atoms with Crippen LogP contribution in [0.15, 0.2) is 10.6 Å². The summed E-state index contributed by atoms with van der Waals surface area (Å²) in [6.45, 7) is 9.34. The molecule has 0 saturated carbocycles. The van der Waals surface area contributed by atoms with Gasteiger partial charge in [-0.25, -0.2) is 0 Å². The van der Waals surface area contributed by atoms with Gasteiger partial charge in [-0.3, -0.25) is 0 Å². The van der Waals surface area contributed by atoms with Gasteiger partial charge in [0.15, 0.2) is 0 Å². The van der Waals surface area contributed by atoms with E-state index < -0.39 is 0 Å². The first-order valence-corrected chi connectivity index (χ1v) is 5.32. The zero-order chi connectivity index (χ0) is 10.6. The molecule has 0 fully saturated rings. The van der Waals surface area contributed by atoms with Crippen molar-refractivity contribution in [1.82, 2.24) is 10.5 Å². The Bertz CT molecular complexity index is 268. The second kappa shape index (κ2) is 5.15. The predicted molar refractivity (Wildman–Crippen MR) is 57.2 cm³/mol. The minimum atomic E-state index is 0.417. The Morgan fingerprint density at radius 2 is 2.14 bits per heavy atom. The van der Waals surface area contributed by atoms with Gasteiger partial charge in [-0.1, -0.05) is 25.9 Å². The quantitative estimate of drug-likeness (QED) is 0.786. The maximum absolute atomic E-state index is 5.20. The van der Waals surface area contributed by atoms with E-state index in [1.807, 2.05) is 6.07 Å². The molecule has 0 saturated heterocycles. The van der Waals surface area contributed by atoms with Crippen molar-refractivity contribution in [3.8, 4) is 0 Å². The van der Waals surface area contributed by atoms with Crippen LogP contribution < -0.4 is 5.32 Å². The first kappa shape index (κ1) is 11.2. The third-order valence-corrected chi connectivity index (χ3v) is 2.39. The van der Waals surface area contributed by atoms with E-state index in [4.69, 9.17) is 4.52 Å². The number of nitrogens with zero attached hydrogens (tertiary/aromatic N) is 1. The normalized spacial score (nSPS) is 13.5. The zero-order valence-corrected chi connectivity index (χ0v) is 9.50. The van der Waals surface area contributed by atoms with Crippen LogP contribution in [0.5, 0.6) is 0 Å². The average Bonchev–Trinajstić information content (AvgIpc) is 2.62. The molecule has 1 atom stereocenters. The number of nitrogens with one attached hydrogen (secondary N) is 1. The first-order chi connectivity index (χ1) is 6.63. The molecule has 0 bridgehead atoms. The van der Waals surface area contributed by atoms with Crippen molar-refractivity contribution in [2.24, 2.45) is 0 Å². The number of aromatic nitrogens is 1. The maximum Gasteiger partial charge on any atom is 0.139 e. The summed E-state index contributed by atoms with van der Waals surface area (Å²) in [5.74, 6) is 1.38. The van der Waals surface area contributed by atoms with Crippen molar-refractivity contribution in [3.05, 3.63) is 17.5 Å². The van der Waals surface area contributed by atoms with E-state index in [0.29, 0.717) is 12.0 Å². The van der Waals surface area contributed by atoms with Crippen LogP contribution >= 0.6 is 0 Å². The highest BCUT2D eigenvalue weighted by atomic mass is 16.5. The van der Waals surface area contributed by atoms with Crippen LogP contribution in [0, 0.1) is 0 Å². The molecule has 3 heteroatoms. The van der Waals surface area contributed by atoms with Gasteiger partial charge in [0.1, 0.15) is 5.76 Å². The van der Waals surface area contributed by atoms with Gasteiger partial charge >= 0.3 is 0 Å². The van der Waals surface area contributed by atoms with Gasteiger partial charge in [-0.05, 0) is 13.3 Å². The van der Waals surface area contributed by atoms with Gasteiger partial charge in [-0.2, -0.15) is 0 Å². The van der Waals surface area contributed by atoms with Crippen molar-refractivity contribution in [3.63, 3.8) is 0 Å². The van der Waals surface area contributed by atoms with Gasteiger partial charge in [0, 0.05) is 24.6 Å². The Kier molecular flexibility index (Phi) is 4.14. The number of rotatable bonds is 5. The van der Waals surface area contributed by atoms with Crippen LogP contribution in [-0.2, 0) is 6.54 Å². The van der Waals surface area contributed by atoms with Gasteiger partial charge in [-0.15, -0.1) is 0 Å². The van der Waals surface area contributed by atoms with E-state index in [-0.39, 0.29) is 0 Å². The Hall–Kier alpha value is -0.830. The number of hydrogen-bond donors (Lipinski definition) is 1. The molecule has 0 spiro atoms. The minimum absolute atomic E-state index is 0.417. The topological polar surface area (TPSA) is 38.1 Å². The molecule has 0 aliphatic rings. The summed E-state index contributed by atoms with van der Waals surface area (Å²) in [6, 6.07) is 2.56. The molecule has 14 heavy (non-hydrogen) atoms. The summed E-state index contributed by atoms with van der Waals surface area (Å²) in [5, 5.41) is 7.38. The molecule has 1 rings (SSSR count). The molecule has 0 amide bonds. The van der Waals surface area contributed by atoms with Crippen molar-refractivity contribution in [1.29, 1.82) is 0 Å². The molecule has 1 N–H and O–H groups in total. The summed E-state index contributed by atoms with van der Waals surface area (Å²) >= 11 is 0. The fourth-order valence-electron chi connectivity index (χ4n) is 1.11. The van der Waals surface area contributed by atoms with E-state index in [0.717, 1.165) is 24.4 Å². The van der Waals surface area contributed by atoms with E-state index in [2.05, 4.69) is 38.2 Å². The lowest BCUT2D eigenvalue weighted by molar-refractivity contribution is 0.362. The summed E-state index contributed by atoms with van der Waals surface area (Å²) in [6.07, 6.45) is 1.13. The molecule has 0 radical (unpaired) electrons. The smallest absolute Gasteiger partial charge is 0.139 e. The molecule has 3 nitrogen and oxygen atoms in total. The Balaban J connectivity index is 2.44. The summed E-state index contributed by atoms with van der Waals surface area (Å²) < 4.78 is 5.20. The summed E-state index contributed by atoms with van der Waals surface area (Å²) in [5.41, 5.74) is 0.994. The van der Waals surface area contributed by atoms with E-state index in [1.54, 1.807) is 0 Å². The van der Waals surface area contributed by atoms with Gasteiger partial charge in [0.25, 0.3) is 0 Å². The molecular weight excluding hydrogens is 176 g/mol. The maximum atomic E-state index is 5.20. The summed E-state index contributed by atoms with van der Waals surface area (Å²) in [4.78, 5) is 0. The molecule has 0 aliphatic carbocycles. The zero-order valence-electron chi connectivity index (χ0n) is 9.50. The van der Waals surface area contributed by atoms with E-state index >= 15 is 0 Å². The van der Waals surface area contributed by atoms with E-state index in [1.165, 1.54) is 0 Å². The monoisotopic (exact) mass is 196 g/mol. The third kappa shape index (κ3) is 3.14. The van der Waals surface area contributed by atoms with Gasteiger partial charge in [0.05, 0.1) is 5.69 Å². The largest absolute Gasteiger partial charge is 0.361 e. The second-order valence-electron chi connectivity index (χ2n) is 4.07. The molecule has 1 aromatic heterocycles. The molecular formula is C11H20N2O. The standard InChI is InChI=1S/C11H20N2O/c1-5-9(4)12-7-10-6-11(8(2)3)14-13-10/h6,8-9,12H,5,7H2,1-4H3.